The van der Waals surface area contributed by atoms with Crippen LogP contribution in [0.25, 0.3) is 10.4 Å². The van der Waals surface area contributed by atoms with Gasteiger partial charge in [-0.05, 0) is 24.0 Å². The third-order valence-corrected chi connectivity index (χ3v) is 4.08. The van der Waals surface area contributed by atoms with E-state index in [1.54, 1.807) is 4.90 Å². The molecule has 0 N–H and O–H groups in total. The Bertz CT molecular complexity index is 603. The average Bonchev–Trinajstić information content (AvgIpc) is 2.97. The van der Waals surface area contributed by atoms with Crippen LogP contribution >= 0.6 is 11.5 Å². The lowest BCUT2D eigenvalue weighted by Crippen LogP contribution is -2.41. The molecule has 0 spiro atoms. The molecule has 1 amide bonds. The minimum Gasteiger partial charge on any atom is -0.378 e. The second-order valence-corrected chi connectivity index (χ2v) is 5.48. The number of benzene rings is 1. The summed E-state index contributed by atoms with van der Waals surface area (Å²) in [6.07, 6.45) is 0. The first kappa shape index (κ1) is 13.2. The molecule has 1 saturated heterocycles. The first-order valence-corrected chi connectivity index (χ1v) is 7.29. The zero-order chi connectivity index (χ0) is 13.9. The molecule has 0 atom stereocenters. The molecule has 1 aromatic carbocycles. The number of rotatable bonds is 2. The van der Waals surface area contributed by atoms with Crippen LogP contribution in [0.5, 0.6) is 0 Å². The van der Waals surface area contributed by atoms with Crippen LogP contribution in [0, 0.1) is 6.92 Å². The Hall–Kier alpha value is -1.79. The first-order valence-electron chi connectivity index (χ1n) is 6.52. The van der Waals surface area contributed by atoms with E-state index in [1.165, 1.54) is 17.1 Å². The molecule has 2 heterocycles. The molecule has 6 heteroatoms. The van der Waals surface area contributed by atoms with E-state index in [0.29, 0.717) is 32.0 Å². The van der Waals surface area contributed by atoms with Gasteiger partial charge in [0.05, 0.1) is 18.1 Å². The number of aryl methyl sites for hydroxylation is 1. The van der Waals surface area contributed by atoms with E-state index in [9.17, 15) is 4.79 Å². The molecule has 5 nitrogen and oxygen atoms in total. The first-order chi connectivity index (χ1) is 9.75. The minimum absolute atomic E-state index is 0.0578. The largest absolute Gasteiger partial charge is 0.378 e. The lowest BCUT2D eigenvalue weighted by molar-refractivity contribution is 0.0299. The van der Waals surface area contributed by atoms with Gasteiger partial charge >= 0.3 is 0 Å². The highest BCUT2D eigenvalue weighted by Gasteiger charge is 2.24. The van der Waals surface area contributed by atoms with Crippen molar-refractivity contribution in [1.29, 1.82) is 0 Å². The van der Waals surface area contributed by atoms with Gasteiger partial charge in [0.1, 0.15) is 0 Å². The van der Waals surface area contributed by atoms with Crippen molar-refractivity contribution in [2.24, 2.45) is 0 Å². The minimum atomic E-state index is -0.0578. The molecule has 1 aromatic heterocycles. The van der Waals surface area contributed by atoms with Crippen molar-refractivity contribution < 1.29 is 9.53 Å². The second-order valence-electron chi connectivity index (χ2n) is 4.72. The summed E-state index contributed by atoms with van der Waals surface area (Å²) in [6, 6.07) is 8.05. The fraction of sp³-hybridized carbons (Fsp3) is 0.357. The fourth-order valence-corrected chi connectivity index (χ4v) is 2.80. The van der Waals surface area contributed by atoms with Crippen molar-refractivity contribution in [3.05, 3.63) is 35.5 Å². The lowest BCUT2D eigenvalue weighted by Gasteiger charge is -2.26. The Kier molecular flexibility index (Phi) is 3.75. The normalized spacial score (nSPS) is 15.3. The summed E-state index contributed by atoms with van der Waals surface area (Å²) >= 11 is 1.26. The molecule has 3 rings (SSSR count). The fourth-order valence-electron chi connectivity index (χ4n) is 2.14. The predicted molar refractivity (Wildman–Crippen MR) is 76.8 cm³/mol. The van der Waals surface area contributed by atoms with E-state index in [4.69, 9.17) is 4.74 Å². The number of hydrogen-bond donors (Lipinski definition) is 0. The lowest BCUT2D eigenvalue weighted by atomic mass is 10.1. The van der Waals surface area contributed by atoms with Gasteiger partial charge in [0.15, 0.2) is 5.69 Å². The summed E-state index contributed by atoms with van der Waals surface area (Å²) in [6.45, 7) is 4.44. The van der Waals surface area contributed by atoms with Crippen LogP contribution in [0.2, 0.25) is 0 Å². The van der Waals surface area contributed by atoms with E-state index in [0.717, 1.165) is 10.4 Å². The highest BCUT2D eigenvalue weighted by atomic mass is 32.1. The van der Waals surface area contributed by atoms with E-state index < -0.39 is 0 Å². The highest BCUT2D eigenvalue weighted by molar-refractivity contribution is 7.09. The van der Waals surface area contributed by atoms with Crippen LogP contribution in [-0.4, -0.2) is 46.7 Å². The van der Waals surface area contributed by atoms with Crippen LogP contribution in [0.3, 0.4) is 0 Å². The monoisotopic (exact) mass is 289 g/mol. The van der Waals surface area contributed by atoms with Gasteiger partial charge in [0, 0.05) is 13.1 Å². The topological polar surface area (TPSA) is 55.3 Å². The molecule has 1 aliphatic rings. The average molecular weight is 289 g/mol. The maximum Gasteiger partial charge on any atom is 0.276 e. The van der Waals surface area contributed by atoms with Crippen molar-refractivity contribution in [3.8, 4) is 10.4 Å². The van der Waals surface area contributed by atoms with Crippen LogP contribution in [0.1, 0.15) is 16.1 Å². The maximum atomic E-state index is 12.5. The highest BCUT2D eigenvalue weighted by Crippen LogP contribution is 2.27. The van der Waals surface area contributed by atoms with Gasteiger partial charge in [-0.3, -0.25) is 4.79 Å². The molecule has 20 heavy (non-hydrogen) atoms. The van der Waals surface area contributed by atoms with Gasteiger partial charge in [-0.15, -0.1) is 5.10 Å². The number of aromatic nitrogens is 2. The van der Waals surface area contributed by atoms with Crippen molar-refractivity contribution in [2.75, 3.05) is 26.3 Å². The molecule has 1 fully saturated rings. The molecule has 104 valence electrons. The number of nitrogens with zero attached hydrogens (tertiary/aromatic N) is 3. The molecular weight excluding hydrogens is 274 g/mol. The molecule has 0 saturated carbocycles. The van der Waals surface area contributed by atoms with Gasteiger partial charge in [0.2, 0.25) is 0 Å². The molecular formula is C14H15N3O2S. The van der Waals surface area contributed by atoms with Crippen molar-refractivity contribution >= 4 is 17.4 Å². The Labute approximate surface area is 121 Å². The van der Waals surface area contributed by atoms with Gasteiger partial charge in [-0.2, -0.15) is 0 Å². The Morgan fingerprint density at radius 3 is 2.65 bits per heavy atom. The molecule has 2 aromatic rings. The van der Waals surface area contributed by atoms with Crippen LogP contribution in [-0.2, 0) is 4.74 Å². The zero-order valence-corrected chi connectivity index (χ0v) is 12.0. The van der Waals surface area contributed by atoms with E-state index in [2.05, 4.69) is 9.59 Å². The SMILES string of the molecule is Cc1ccc(-c2snnc2C(=O)N2CCOCC2)cc1. The second kappa shape index (κ2) is 5.68. The molecule has 0 radical (unpaired) electrons. The number of carbonyl (C=O) groups excluding carboxylic acids is 1. The smallest absolute Gasteiger partial charge is 0.276 e. The zero-order valence-electron chi connectivity index (χ0n) is 11.2. The van der Waals surface area contributed by atoms with E-state index in [1.807, 2.05) is 31.2 Å². The molecule has 0 unspecified atom stereocenters. The predicted octanol–water partition coefficient (Wildman–Crippen LogP) is 1.99. The standard InChI is InChI=1S/C14H15N3O2S/c1-10-2-4-11(5-3-10)13-12(15-16-20-13)14(18)17-6-8-19-9-7-17/h2-5H,6-9H2,1H3. The van der Waals surface area contributed by atoms with Gasteiger partial charge < -0.3 is 9.64 Å². The van der Waals surface area contributed by atoms with Crippen LogP contribution < -0.4 is 0 Å². The summed E-state index contributed by atoms with van der Waals surface area (Å²) in [5.41, 5.74) is 2.62. The van der Waals surface area contributed by atoms with Gasteiger partial charge in [-0.25, -0.2) is 0 Å². The van der Waals surface area contributed by atoms with Crippen LogP contribution in [0.15, 0.2) is 24.3 Å². The summed E-state index contributed by atoms with van der Waals surface area (Å²) in [5, 5.41) is 4.03. The third-order valence-electron chi connectivity index (χ3n) is 3.30. The number of ether oxygens (including phenoxy) is 1. The summed E-state index contributed by atoms with van der Waals surface area (Å²) in [7, 11) is 0. The van der Waals surface area contributed by atoms with Gasteiger partial charge in [-0.1, -0.05) is 34.3 Å². The number of morpholine rings is 1. The number of carbonyl (C=O) groups is 1. The number of hydrogen-bond acceptors (Lipinski definition) is 5. The Morgan fingerprint density at radius 1 is 1.25 bits per heavy atom. The van der Waals surface area contributed by atoms with E-state index >= 15 is 0 Å². The Balaban J connectivity index is 1.89. The van der Waals surface area contributed by atoms with Crippen molar-refractivity contribution in [3.63, 3.8) is 0 Å². The Morgan fingerprint density at radius 2 is 1.95 bits per heavy atom. The summed E-state index contributed by atoms with van der Waals surface area (Å²) in [5.74, 6) is -0.0578. The maximum absolute atomic E-state index is 12.5. The quantitative estimate of drug-likeness (QED) is 0.848. The van der Waals surface area contributed by atoms with Crippen LogP contribution in [0.4, 0.5) is 0 Å². The van der Waals surface area contributed by atoms with Crippen molar-refractivity contribution in [2.45, 2.75) is 6.92 Å². The molecule has 1 aliphatic heterocycles. The molecule has 0 aliphatic carbocycles. The third kappa shape index (κ3) is 2.57. The number of amides is 1. The van der Waals surface area contributed by atoms with Crippen molar-refractivity contribution in [1.82, 2.24) is 14.5 Å². The van der Waals surface area contributed by atoms with Gasteiger partial charge in [0.25, 0.3) is 5.91 Å². The molecule has 0 bridgehead atoms. The summed E-state index contributed by atoms with van der Waals surface area (Å²) in [4.78, 5) is 15.1. The van der Waals surface area contributed by atoms with E-state index in [-0.39, 0.29) is 5.91 Å². The summed E-state index contributed by atoms with van der Waals surface area (Å²) < 4.78 is 9.22.